The number of benzene rings is 1. The Morgan fingerprint density at radius 1 is 1.18 bits per heavy atom. The number of methoxy groups -OCH3 is 2. The fraction of sp³-hybridized carbons (Fsp3) is 0.591. The predicted octanol–water partition coefficient (Wildman–Crippen LogP) is 3.15. The fourth-order valence-electron chi connectivity index (χ4n) is 4.79. The van der Waals surface area contributed by atoms with Gasteiger partial charge in [-0.1, -0.05) is 12.8 Å². The molecule has 4 rings (SSSR count). The lowest BCUT2D eigenvalue weighted by Crippen LogP contribution is -2.43. The van der Waals surface area contributed by atoms with E-state index in [1.165, 1.54) is 25.7 Å². The molecule has 1 aromatic carbocycles. The lowest BCUT2D eigenvalue weighted by molar-refractivity contribution is -0.122. The number of carbonyl (C=O) groups is 1. The Balaban J connectivity index is 1.28. The van der Waals surface area contributed by atoms with Crippen LogP contribution in [0.2, 0.25) is 0 Å². The number of ether oxygens (including phenoxy) is 2. The van der Waals surface area contributed by atoms with Gasteiger partial charge in [0.15, 0.2) is 0 Å². The highest BCUT2D eigenvalue weighted by Gasteiger charge is 2.37. The van der Waals surface area contributed by atoms with Crippen molar-refractivity contribution in [3.63, 3.8) is 0 Å². The maximum absolute atomic E-state index is 12.5. The van der Waals surface area contributed by atoms with E-state index in [-0.39, 0.29) is 11.9 Å². The molecule has 0 spiro atoms. The molecule has 2 aromatic rings. The number of H-pyrrole nitrogens is 1. The first-order chi connectivity index (χ1) is 13.7. The van der Waals surface area contributed by atoms with Crippen molar-refractivity contribution in [2.75, 3.05) is 20.8 Å². The molecular weight excluding hydrogens is 354 g/mol. The van der Waals surface area contributed by atoms with Gasteiger partial charge in [-0.3, -0.25) is 4.79 Å². The monoisotopic (exact) mass is 385 g/mol. The molecule has 2 heterocycles. The number of hydrogen-bond acceptors (Lipinski definition) is 4. The molecule has 1 amide bonds. The van der Waals surface area contributed by atoms with Crippen LogP contribution < -0.4 is 20.1 Å². The highest BCUT2D eigenvalue weighted by atomic mass is 16.5. The van der Waals surface area contributed by atoms with Gasteiger partial charge in [0.2, 0.25) is 5.91 Å². The van der Waals surface area contributed by atoms with E-state index in [4.69, 9.17) is 9.47 Å². The average Bonchev–Trinajstić information content (AvgIpc) is 3.33. The van der Waals surface area contributed by atoms with E-state index < -0.39 is 0 Å². The summed E-state index contributed by atoms with van der Waals surface area (Å²) in [7, 11) is 3.32. The van der Waals surface area contributed by atoms with Gasteiger partial charge in [0.1, 0.15) is 11.5 Å². The highest BCUT2D eigenvalue weighted by Crippen LogP contribution is 2.33. The van der Waals surface area contributed by atoms with Crippen molar-refractivity contribution in [1.82, 2.24) is 15.6 Å². The molecule has 2 aliphatic rings. The van der Waals surface area contributed by atoms with Gasteiger partial charge in [0, 0.05) is 35.8 Å². The Hall–Kier alpha value is -2.21. The number of nitrogens with one attached hydrogen (secondary N) is 3. The summed E-state index contributed by atoms with van der Waals surface area (Å²) in [5, 5.41) is 7.72. The third-order valence-corrected chi connectivity index (χ3v) is 6.29. The molecule has 1 saturated carbocycles. The molecule has 3 atom stereocenters. The number of carbonyl (C=O) groups excluding carboxylic acids is 1. The number of aromatic nitrogens is 1. The first-order valence-corrected chi connectivity index (χ1v) is 10.5. The van der Waals surface area contributed by atoms with Crippen LogP contribution >= 0.6 is 0 Å². The SMILES string of the molecule is COc1cc(OC)c2cc(CCCNC(=O)C3CC4CCCCC4N3)[nH]c2c1. The average molecular weight is 386 g/mol. The Morgan fingerprint density at radius 3 is 2.82 bits per heavy atom. The van der Waals surface area contributed by atoms with E-state index in [0.717, 1.165) is 47.4 Å². The van der Waals surface area contributed by atoms with Gasteiger partial charge in [-0.15, -0.1) is 0 Å². The molecular formula is C22H31N3O3. The molecule has 3 N–H and O–H groups in total. The number of aryl methyl sites for hydroxylation is 1. The molecule has 28 heavy (non-hydrogen) atoms. The molecule has 6 heteroatoms. The molecule has 2 fully saturated rings. The van der Waals surface area contributed by atoms with Gasteiger partial charge in [-0.05, 0) is 44.1 Å². The summed E-state index contributed by atoms with van der Waals surface area (Å²) in [4.78, 5) is 15.9. The summed E-state index contributed by atoms with van der Waals surface area (Å²) in [6, 6.07) is 6.56. The zero-order chi connectivity index (χ0) is 19.5. The minimum Gasteiger partial charge on any atom is -0.497 e. The predicted molar refractivity (Wildman–Crippen MR) is 110 cm³/mol. The van der Waals surface area contributed by atoms with E-state index in [1.54, 1.807) is 14.2 Å². The fourth-order valence-corrected chi connectivity index (χ4v) is 4.79. The van der Waals surface area contributed by atoms with E-state index >= 15 is 0 Å². The van der Waals surface area contributed by atoms with Crippen LogP contribution in [0.3, 0.4) is 0 Å². The van der Waals surface area contributed by atoms with Crippen LogP contribution in [-0.2, 0) is 11.2 Å². The highest BCUT2D eigenvalue weighted by molar-refractivity contribution is 5.88. The van der Waals surface area contributed by atoms with Crippen molar-refractivity contribution in [2.24, 2.45) is 5.92 Å². The Morgan fingerprint density at radius 2 is 2.04 bits per heavy atom. The van der Waals surface area contributed by atoms with Crippen LogP contribution in [-0.4, -0.2) is 43.7 Å². The molecule has 3 unspecified atom stereocenters. The lowest BCUT2D eigenvalue weighted by Gasteiger charge is -2.24. The van der Waals surface area contributed by atoms with E-state index in [1.807, 2.05) is 12.1 Å². The molecule has 1 aromatic heterocycles. The van der Waals surface area contributed by atoms with Crippen molar-refractivity contribution < 1.29 is 14.3 Å². The zero-order valence-corrected chi connectivity index (χ0v) is 16.8. The van der Waals surface area contributed by atoms with Crippen molar-refractivity contribution in [1.29, 1.82) is 0 Å². The quantitative estimate of drug-likeness (QED) is 0.640. The number of amides is 1. The third-order valence-electron chi connectivity index (χ3n) is 6.29. The maximum Gasteiger partial charge on any atom is 0.237 e. The number of fused-ring (bicyclic) bond motifs is 2. The second-order valence-corrected chi connectivity index (χ2v) is 8.09. The standard InChI is InChI=1S/C22H31N3O3/c1-27-16-12-19-17(21(13-16)28-2)11-15(24-19)7-5-9-23-22(26)20-10-14-6-3-4-8-18(14)25-20/h11-14,18,20,24-25H,3-10H2,1-2H3,(H,23,26). The van der Waals surface area contributed by atoms with Crippen LogP contribution in [0.5, 0.6) is 11.5 Å². The first kappa shape index (κ1) is 19.1. The largest absolute Gasteiger partial charge is 0.497 e. The van der Waals surface area contributed by atoms with Crippen LogP contribution in [0.25, 0.3) is 10.9 Å². The summed E-state index contributed by atoms with van der Waals surface area (Å²) < 4.78 is 10.8. The van der Waals surface area contributed by atoms with Crippen molar-refractivity contribution in [3.8, 4) is 11.5 Å². The smallest absolute Gasteiger partial charge is 0.237 e. The summed E-state index contributed by atoms with van der Waals surface area (Å²) in [6.07, 6.45) is 7.89. The Bertz CT molecular complexity index is 818. The summed E-state index contributed by atoms with van der Waals surface area (Å²) >= 11 is 0. The van der Waals surface area contributed by atoms with Gasteiger partial charge in [0.05, 0.1) is 25.8 Å². The third kappa shape index (κ3) is 3.97. The molecule has 152 valence electrons. The van der Waals surface area contributed by atoms with Crippen molar-refractivity contribution in [3.05, 3.63) is 23.9 Å². The van der Waals surface area contributed by atoms with Crippen LogP contribution in [0, 0.1) is 5.92 Å². The molecule has 1 saturated heterocycles. The van der Waals surface area contributed by atoms with E-state index in [9.17, 15) is 4.79 Å². The summed E-state index contributed by atoms with van der Waals surface area (Å²) in [5.74, 6) is 2.44. The lowest BCUT2D eigenvalue weighted by atomic mass is 9.85. The van der Waals surface area contributed by atoms with Gasteiger partial charge < -0.3 is 25.1 Å². The maximum atomic E-state index is 12.5. The Kier molecular flexibility index (Phi) is 5.76. The van der Waals surface area contributed by atoms with Gasteiger partial charge in [-0.2, -0.15) is 0 Å². The number of hydrogen-bond donors (Lipinski definition) is 3. The van der Waals surface area contributed by atoms with Gasteiger partial charge >= 0.3 is 0 Å². The molecule has 1 aliphatic carbocycles. The Labute approximate surface area is 166 Å². The van der Waals surface area contributed by atoms with Crippen LogP contribution in [0.15, 0.2) is 18.2 Å². The molecule has 1 aliphatic heterocycles. The molecule has 0 bridgehead atoms. The number of rotatable bonds is 7. The van der Waals surface area contributed by atoms with E-state index in [0.29, 0.717) is 18.5 Å². The van der Waals surface area contributed by atoms with Gasteiger partial charge in [-0.25, -0.2) is 0 Å². The van der Waals surface area contributed by atoms with Crippen LogP contribution in [0.1, 0.15) is 44.2 Å². The first-order valence-electron chi connectivity index (χ1n) is 10.5. The van der Waals surface area contributed by atoms with E-state index in [2.05, 4.69) is 21.7 Å². The normalized spacial score (nSPS) is 24.1. The van der Waals surface area contributed by atoms with Crippen molar-refractivity contribution >= 4 is 16.8 Å². The second-order valence-electron chi connectivity index (χ2n) is 8.09. The molecule has 6 nitrogen and oxygen atoms in total. The minimum absolute atomic E-state index is 0.00194. The molecule has 0 radical (unpaired) electrons. The van der Waals surface area contributed by atoms with Crippen LogP contribution in [0.4, 0.5) is 0 Å². The van der Waals surface area contributed by atoms with Gasteiger partial charge in [0.25, 0.3) is 0 Å². The minimum atomic E-state index is -0.00194. The second kappa shape index (κ2) is 8.43. The zero-order valence-electron chi connectivity index (χ0n) is 16.8. The summed E-state index contributed by atoms with van der Waals surface area (Å²) in [6.45, 7) is 0.697. The topological polar surface area (TPSA) is 75.4 Å². The van der Waals surface area contributed by atoms with Crippen molar-refractivity contribution in [2.45, 2.75) is 57.0 Å². The number of aromatic amines is 1. The summed E-state index contributed by atoms with van der Waals surface area (Å²) in [5.41, 5.74) is 2.15.